The number of pyridine rings is 1. The molecule has 1 saturated heterocycles. The second kappa shape index (κ2) is 8.31. The van der Waals surface area contributed by atoms with Crippen LogP contribution in [0.1, 0.15) is 19.8 Å². The first kappa shape index (κ1) is 18.7. The lowest BCUT2D eigenvalue weighted by Crippen LogP contribution is -2.47. The molecule has 1 atom stereocenters. The van der Waals surface area contributed by atoms with Crippen LogP contribution in [-0.2, 0) is 9.59 Å². The Morgan fingerprint density at radius 3 is 2.55 bits per heavy atom. The van der Waals surface area contributed by atoms with Gasteiger partial charge in [-0.1, -0.05) is 11.6 Å². The van der Waals surface area contributed by atoms with Gasteiger partial charge >= 0.3 is 0 Å². The van der Waals surface area contributed by atoms with Crippen LogP contribution in [0.5, 0.6) is 0 Å². The second-order valence-electron chi connectivity index (χ2n) is 5.24. The van der Waals surface area contributed by atoms with E-state index in [9.17, 15) is 9.59 Å². The number of carbonyl (C=O) groups is 2. The zero-order chi connectivity index (χ0) is 15.4. The summed E-state index contributed by atoms with van der Waals surface area (Å²) in [7, 11) is 0. The van der Waals surface area contributed by atoms with Crippen molar-refractivity contribution >= 4 is 41.6 Å². The number of amides is 2. The molecule has 0 radical (unpaired) electrons. The molecule has 2 rings (SSSR count). The summed E-state index contributed by atoms with van der Waals surface area (Å²) in [6, 6.07) is 2.84. The molecule has 6 nitrogen and oxygen atoms in total. The average molecular weight is 347 g/mol. The summed E-state index contributed by atoms with van der Waals surface area (Å²) >= 11 is 5.75. The molecule has 1 aliphatic rings. The summed E-state index contributed by atoms with van der Waals surface area (Å²) in [5.74, 6) is 0.240. The molecule has 1 aromatic rings. The Hall–Kier alpha value is -1.37. The molecule has 2 amide bonds. The zero-order valence-corrected chi connectivity index (χ0v) is 13.9. The van der Waals surface area contributed by atoms with E-state index < -0.39 is 6.04 Å². The van der Waals surface area contributed by atoms with Crippen LogP contribution < -0.4 is 11.1 Å². The van der Waals surface area contributed by atoms with Crippen LogP contribution in [0.2, 0.25) is 5.02 Å². The maximum atomic E-state index is 12.2. The normalized spacial score (nSPS) is 16.6. The average Bonchev–Trinajstić information content (AvgIpc) is 2.49. The number of hydrogen-bond acceptors (Lipinski definition) is 4. The van der Waals surface area contributed by atoms with Crippen LogP contribution in [0.3, 0.4) is 0 Å². The molecular weight excluding hydrogens is 327 g/mol. The molecule has 0 bridgehead atoms. The molecule has 2 heterocycles. The molecule has 0 saturated carbocycles. The standard InChI is InChI=1S/C14H19ClN4O2.ClH/c1-9(16)14(21)19-6-4-10(5-7-19)13(20)18-12-3-2-11(15)8-17-12;/h2-3,8-10H,4-7,16H2,1H3,(H,17,18,20);1H. The molecule has 0 aliphatic carbocycles. The Labute approximate surface area is 140 Å². The molecule has 8 heteroatoms. The molecule has 1 unspecified atom stereocenters. The first-order chi connectivity index (χ1) is 9.97. The predicted octanol–water partition coefficient (Wildman–Crippen LogP) is 1.68. The third-order valence-corrected chi connectivity index (χ3v) is 3.77. The number of halogens is 2. The van der Waals surface area contributed by atoms with Crippen molar-refractivity contribution in [2.75, 3.05) is 18.4 Å². The Bertz CT molecular complexity index is 514. The molecule has 0 aromatic carbocycles. The third-order valence-electron chi connectivity index (χ3n) is 3.55. The van der Waals surface area contributed by atoms with E-state index in [1.165, 1.54) is 6.20 Å². The maximum Gasteiger partial charge on any atom is 0.239 e. The molecule has 1 aliphatic heterocycles. The van der Waals surface area contributed by atoms with Crippen LogP contribution >= 0.6 is 24.0 Å². The van der Waals surface area contributed by atoms with Gasteiger partial charge in [-0.15, -0.1) is 12.4 Å². The summed E-state index contributed by atoms with van der Waals surface area (Å²) in [6.45, 7) is 2.80. The Morgan fingerprint density at radius 1 is 1.41 bits per heavy atom. The van der Waals surface area contributed by atoms with Crippen molar-refractivity contribution in [3.63, 3.8) is 0 Å². The quantitative estimate of drug-likeness (QED) is 0.871. The highest BCUT2D eigenvalue weighted by atomic mass is 35.5. The summed E-state index contributed by atoms with van der Waals surface area (Å²) in [5, 5.41) is 3.29. The minimum absolute atomic E-state index is 0. The number of carbonyl (C=O) groups excluding carboxylic acids is 2. The van der Waals surface area contributed by atoms with E-state index >= 15 is 0 Å². The van der Waals surface area contributed by atoms with Crippen molar-refractivity contribution < 1.29 is 9.59 Å². The van der Waals surface area contributed by atoms with Gasteiger partial charge in [-0.05, 0) is 31.9 Å². The highest BCUT2D eigenvalue weighted by molar-refractivity contribution is 6.30. The largest absolute Gasteiger partial charge is 0.341 e. The lowest BCUT2D eigenvalue weighted by atomic mass is 9.95. The molecule has 1 aromatic heterocycles. The Kier molecular flexibility index (Phi) is 7.06. The first-order valence-corrected chi connectivity index (χ1v) is 7.32. The fourth-order valence-corrected chi connectivity index (χ4v) is 2.44. The minimum Gasteiger partial charge on any atom is -0.341 e. The number of nitrogens with two attached hydrogens (primary N) is 1. The topological polar surface area (TPSA) is 88.3 Å². The van der Waals surface area contributed by atoms with Gasteiger partial charge in [0, 0.05) is 25.2 Å². The van der Waals surface area contributed by atoms with Crippen molar-refractivity contribution in [3.05, 3.63) is 23.4 Å². The lowest BCUT2D eigenvalue weighted by Gasteiger charge is -2.32. The number of likely N-dealkylation sites (tertiary alicyclic amines) is 1. The Morgan fingerprint density at radius 2 is 2.05 bits per heavy atom. The van der Waals surface area contributed by atoms with E-state index in [1.807, 2.05) is 0 Å². The monoisotopic (exact) mass is 346 g/mol. The molecular formula is C14H20Cl2N4O2. The predicted molar refractivity (Wildman–Crippen MR) is 88.1 cm³/mol. The fourth-order valence-electron chi connectivity index (χ4n) is 2.33. The smallest absolute Gasteiger partial charge is 0.239 e. The van der Waals surface area contributed by atoms with Gasteiger partial charge in [0.05, 0.1) is 11.1 Å². The highest BCUT2D eigenvalue weighted by Crippen LogP contribution is 2.20. The third kappa shape index (κ3) is 4.83. The maximum absolute atomic E-state index is 12.2. The van der Waals surface area contributed by atoms with Gasteiger partial charge in [0.2, 0.25) is 11.8 Å². The van der Waals surface area contributed by atoms with Crippen LogP contribution in [0.25, 0.3) is 0 Å². The van der Waals surface area contributed by atoms with Crippen molar-refractivity contribution in [2.45, 2.75) is 25.8 Å². The van der Waals surface area contributed by atoms with Crippen molar-refractivity contribution in [3.8, 4) is 0 Å². The number of nitrogens with zero attached hydrogens (tertiary/aromatic N) is 2. The van der Waals surface area contributed by atoms with Crippen molar-refractivity contribution in [1.82, 2.24) is 9.88 Å². The van der Waals surface area contributed by atoms with Crippen molar-refractivity contribution in [1.29, 1.82) is 0 Å². The second-order valence-corrected chi connectivity index (χ2v) is 5.68. The summed E-state index contributed by atoms with van der Waals surface area (Å²) < 4.78 is 0. The van der Waals surface area contributed by atoms with E-state index in [1.54, 1.807) is 24.0 Å². The Balaban J connectivity index is 0.00000242. The molecule has 122 valence electrons. The van der Waals surface area contributed by atoms with Crippen LogP contribution in [-0.4, -0.2) is 40.8 Å². The van der Waals surface area contributed by atoms with Crippen molar-refractivity contribution in [2.24, 2.45) is 11.7 Å². The van der Waals surface area contributed by atoms with Gasteiger partial charge < -0.3 is 16.0 Å². The van der Waals surface area contributed by atoms with E-state index in [0.717, 1.165) is 0 Å². The zero-order valence-electron chi connectivity index (χ0n) is 12.3. The molecule has 22 heavy (non-hydrogen) atoms. The van der Waals surface area contributed by atoms with E-state index in [0.29, 0.717) is 36.8 Å². The molecule has 0 spiro atoms. The summed E-state index contributed by atoms with van der Waals surface area (Å²) in [6.07, 6.45) is 2.76. The van der Waals surface area contributed by atoms with Crippen LogP contribution in [0.15, 0.2) is 18.3 Å². The minimum atomic E-state index is -0.492. The number of nitrogens with one attached hydrogen (secondary N) is 1. The first-order valence-electron chi connectivity index (χ1n) is 6.94. The van der Waals surface area contributed by atoms with E-state index in [2.05, 4.69) is 10.3 Å². The van der Waals surface area contributed by atoms with Gasteiger partial charge in [0.15, 0.2) is 0 Å². The number of anilines is 1. The highest BCUT2D eigenvalue weighted by Gasteiger charge is 2.28. The van der Waals surface area contributed by atoms with Gasteiger partial charge in [0.1, 0.15) is 5.82 Å². The SMILES string of the molecule is CC(N)C(=O)N1CCC(C(=O)Nc2ccc(Cl)cn2)CC1.Cl. The molecule has 1 fully saturated rings. The number of piperidine rings is 1. The fraction of sp³-hybridized carbons (Fsp3) is 0.500. The number of rotatable bonds is 3. The van der Waals surface area contributed by atoms with Gasteiger partial charge in [-0.2, -0.15) is 0 Å². The molecule has 3 N–H and O–H groups in total. The number of hydrogen-bond donors (Lipinski definition) is 2. The van der Waals surface area contributed by atoms with Gasteiger partial charge in [-0.3, -0.25) is 9.59 Å². The van der Waals surface area contributed by atoms with E-state index in [4.69, 9.17) is 17.3 Å². The summed E-state index contributed by atoms with van der Waals surface area (Å²) in [4.78, 5) is 29.7. The number of aromatic nitrogens is 1. The van der Waals surface area contributed by atoms with Gasteiger partial charge in [-0.25, -0.2) is 4.98 Å². The lowest BCUT2D eigenvalue weighted by molar-refractivity contribution is -0.135. The van der Waals surface area contributed by atoms with Crippen LogP contribution in [0, 0.1) is 5.92 Å². The van der Waals surface area contributed by atoms with Gasteiger partial charge in [0.25, 0.3) is 0 Å². The van der Waals surface area contributed by atoms with Crippen LogP contribution in [0.4, 0.5) is 5.82 Å². The summed E-state index contributed by atoms with van der Waals surface area (Å²) in [5.41, 5.74) is 5.59. The van der Waals surface area contributed by atoms with E-state index in [-0.39, 0.29) is 30.1 Å².